The van der Waals surface area contributed by atoms with E-state index in [4.69, 9.17) is 4.42 Å². The molecular weight excluding hydrogens is 341 g/mol. The minimum Gasteiger partial charge on any atom is -0.420 e. The molecule has 0 amide bonds. The minimum atomic E-state index is -4.57. The zero-order valence-corrected chi connectivity index (χ0v) is 13.0. The van der Waals surface area contributed by atoms with Crippen molar-refractivity contribution in [2.24, 2.45) is 0 Å². The molecule has 0 atom stereocenters. The number of hydrogen-bond donors (Lipinski definition) is 0. The van der Waals surface area contributed by atoms with Crippen molar-refractivity contribution in [3.63, 3.8) is 0 Å². The van der Waals surface area contributed by atoms with Gasteiger partial charge in [0, 0.05) is 24.6 Å². The van der Waals surface area contributed by atoms with Crippen molar-refractivity contribution in [2.75, 3.05) is 18.0 Å². The summed E-state index contributed by atoms with van der Waals surface area (Å²) < 4.78 is 45.4. The van der Waals surface area contributed by atoms with Gasteiger partial charge < -0.3 is 9.32 Å². The number of rotatable bonds is 3. The van der Waals surface area contributed by atoms with Crippen molar-refractivity contribution in [3.8, 4) is 11.5 Å². The average Bonchev–Trinajstić information content (AvgIpc) is 3.16. The van der Waals surface area contributed by atoms with Crippen LogP contribution in [0.4, 0.5) is 19.1 Å². The van der Waals surface area contributed by atoms with Gasteiger partial charge in [0.2, 0.25) is 17.5 Å². The van der Waals surface area contributed by atoms with Crippen LogP contribution in [0.15, 0.2) is 40.3 Å². The highest BCUT2D eigenvalue weighted by Gasteiger charge is 2.44. The van der Waals surface area contributed by atoms with Gasteiger partial charge in [-0.15, -0.1) is 21.5 Å². The number of anilines is 1. The van der Waals surface area contributed by atoms with E-state index in [0.717, 1.165) is 5.01 Å². The van der Waals surface area contributed by atoms with E-state index in [2.05, 4.69) is 15.2 Å². The van der Waals surface area contributed by atoms with Gasteiger partial charge in [-0.1, -0.05) is 18.2 Å². The third-order valence-corrected chi connectivity index (χ3v) is 4.65. The summed E-state index contributed by atoms with van der Waals surface area (Å²) in [4.78, 5) is 5.22. The van der Waals surface area contributed by atoms with Crippen LogP contribution < -0.4 is 4.90 Å². The Labute approximate surface area is 138 Å². The fourth-order valence-electron chi connectivity index (χ4n) is 2.58. The molecule has 5 nitrogen and oxygen atoms in total. The molecule has 3 heterocycles. The second-order valence-electron chi connectivity index (χ2n) is 5.42. The van der Waals surface area contributed by atoms with Crippen LogP contribution in [0.25, 0.3) is 11.5 Å². The molecule has 1 aromatic carbocycles. The lowest BCUT2D eigenvalue weighted by Crippen LogP contribution is -2.45. The van der Waals surface area contributed by atoms with E-state index >= 15 is 0 Å². The van der Waals surface area contributed by atoms with Crippen LogP contribution in [0.3, 0.4) is 0 Å². The van der Waals surface area contributed by atoms with E-state index < -0.39 is 11.9 Å². The van der Waals surface area contributed by atoms with Crippen LogP contribution in [0.5, 0.6) is 0 Å². The van der Waals surface area contributed by atoms with Crippen LogP contribution in [-0.2, 0) is 6.18 Å². The third kappa shape index (κ3) is 2.64. The van der Waals surface area contributed by atoms with E-state index in [-0.39, 0.29) is 17.7 Å². The summed E-state index contributed by atoms with van der Waals surface area (Å²) in [5.74, 6) is -0.191. The van der Waals surface area contributed by atoms with Crippen molar-refractivity contribution in [3.05, 3.63) is 46.5 Å². The zero-order chi connectivity index (χ0) is 16.7. The smallest absolute Gasteiger partial charge is 0.420 e. The van der Waals surface area contributed by atoms with Gasteiger partial charge in [-0.05, 0) is 12.1 Å². The number of benzene rings is 1. The highest BCUT2D eigenvalue weighted by Crippen LogP contribution is 2.42. The minimum absolute atomic E-state index is 0.0303. The summed E-state index contributed by atoms with van der Waals surface area (Å²) in [6.07, 6.45) is -4.57. The SMILES string of the molecule is FC(F)(F)c1nc(-c2ccccc2)oc1N1CC(c2nncs2)C1. The molecule has 0 unspecified atom stereocenters. The monoisotopic (exact) mass is 352 g/mol. The Morgan fingerprint density at radius 1 is 1.17 bits per heavy atom. The largest absolute Gasteiger partial charge is 0.438 e. The van der Waals surface area contributed by atoms with Gasteiger partial charge in [-0.2, -0.15) is 13.2 Å². The maximum Gasteiger partial charge on any atom is 0.438 e. The average molecular weight is 352 g/mol. The van der Waals surface area contributed by atoms with E-state index in [0.29, 0.717) is 18.7 Å². The van der Waals surface area contributed by atoms with E-state index in [1.165, 1.54) is 16.2 Å². The molecule has 4 rings (SSSR count). The maximum atomic E-state index is 13.3. The normalized spacial score (nSPS) is 15.5. The molecule has 0 bridgehead atoms. The Balaban J connectivity index is 1.64. The molecule has 24 heavy (non-hydrogen) atoms. The van der Waals surface area contributed by atoms with Gasteiger partial charge >= 0.3 is 6.18 Å². The Kier molecular flexibility index (Phi) is 3.52. The Morgan fingerprint density at radius 3 is 2.54 bits per heavy atom. The fraction of sp³-hybridized carbons (Fsp3) is 0.267. The van der Waals surface area contributed by atoms with Crippen LogP contribution in [0, 0.1) is 0 Å². The topological polar surface area (TPSA) is 55.1 Å². The summed E-state index contributed by atoms with van der Waals surface area (Å²) in [6, 6.07) is 8.55. The number of nitrogens with zero attached hydrogens (tertiary/aromatic N) is 4. The van der Waals surface area contributed by atoms with Crippen LogP contribution in [0.2, 0.25) is 0 Å². The summed E-state index contributed by atoms with van der Waals surface area (Å²) in [5.41, 5.74) is 1.13. The number of alkyl halides is 3. The molecule has 1 aliphatic rings. The van der Waals surface area contributed by atoms with Crippen molar-refractivity contribution in [2.45, 2.75) is 12.1 Å². The van der Waals surface area contributed by atoms with Gasteiger partial charge in [0.1, 0.15) is 10.5 Å². The first-order valence-corrected chi connectivity index (χ1v) is 8.05. The molecule has 1 aliphatic heterocycles. The third-order valence-electron chi connectivity index (χ3n) is 3.79. The number of hydrogen-bond acceptors (Lipinski definition) is 6. The summed E-state index contributed by atoms with van der Waals surface area (Å²) >= 11 is 1.40. The van der Waals surface area contributed by atoms with Crippen LogP contribution >= 0.6 is 11.3 Å². The predicted molar refractivity (Wildman–Crippen MR) is 81.8 cm³/mol. The van der Waals surface area contributed by atoms with Gasteiger partial charge in [-0.25, -0.2) is 4.98 Å². The number of aromatic nitrogens is 3. The van der Waals surface area contributed by atoms with Gasteiger partial charge in [0.05, 0.1) is 0 Å². The molecular formula is C15H11F3N4OS. The molecule has 124 valence electrons. The summed E-state index contributed by atoms with van der Waals surface area (Å²) in [6.45, 7) is 0.809. The van der Waals surface area contributed by atoms with Gasteiger partial charge in [-0.3, -0.25) is 0 Å². The Morgan fingerprint density at radius 2 is 1.92 bits per heavy atom. The molecule has 0 radical (unpaired) electrons. The Bertz CT molecular complexity index is 826. The summed E-state index contributed by atoms with van der Waals surface area (Å²) in [5, 5.41) is 8.54. The standard InChI is InChI=1S/C15H11F3N4OS/c16-15(17,18)11-14(22-6-10(7-22)13-21-19-8-24-13)23-12(20-11)9-4-2-1-3-5-9/h1-5,8,10H,6-7H2. The highest BCUT2D eigenvalue weighted by atomic mass is 32.1. The lowest BCUT2D eigenvalue weighted by atomic mass is 10.0. The molecule has 3 aromatic rings. The number of halogens is 3. The number of oxazole rings is 1. The van der Waals surface area contributed by atoms with E-state index in [9.17, 15) is 13.2 Å². The molecule has 1 saturated heterocycles. The van der Waals surface area contributed by atoms with Gasteiger partial charge in [0.25, 0.3) is 0 Å². The van der Waals surface area contributed by atoms with E-state index in [1.807, 2.05) is 0 Å². The molecule has 2 aromatic heterocycles. The van der Waals surface area contributed by atoms with Crippen molar-refractivity contribution < 1.29 is 17.6 Å². The first-order valence-electron chi connectivity index (χ1n) is 7.17. The first-order chi connectivity index (χ1) is 11.5. The van der Waals surface area contributed by atoms with E-state index in [1.54, 1.807) is 35.8 Å². The van der Waals surface area contributed by atoms with Crippen molar-refractivity contribution >= 4 is 17.2 Å². The lowest BCUT2D eigenvalue weighted by Gasteiger charge is -2.37. The van der Waals surface area contributed by atoms with Crippen molar-refractivity contribution in [1.29, 1.82) is 0 Å². The van der Waals surface area contributed by atoms with Gasteiger partial charge in [0.15, 0.2) is 0 Å². The van der Waals surface area contributed by atoms with Crippen LogP contribution in [0.1, 0.15) is 16.6 Å². The predicted octanol–water partition coefficient (Wildman–Crippen LogP) is 3.82. The van der Waals surface area contributed by atoms with Crippen LogP contribution in [-0.4, -0.2) is 28.3 Å². The second kappa shape index (κ2) is 5.59. The molecule has 0 saturated carbocycles. The molecule has 0 spiro atoms. The lowest BCUT2D eigenvalue weighted by molar-refractivity contribution is -0.140. The second-order valence-corrected chi connectivity index (χ2v) is 6.28. The quantitative estimate of drug-likeness (QED) is 0.717. The zero-order valence-electron chi connectivity index (χ0n) is 12.2. The molecule has 1 fully saturated rings. The highest BCUT2D eigenvalue weighted by molar-refractivity contribution is 7.09. The first kappa shape index (κ1) is 15.1. The molecule has 9 heteroatoms. The summed E-state index contributed by atoms with van der Waals surface area (Å²) in [7, 11) is 0. The maximum absolute atomic E-state index is 13.3. The van der Waals surface area contributed by atoms with Crippen molar-refractivity contribution in [1.82, 2.24) is 15.2 Å². The molecule has 0 aliphatic carbocycles. The molecule has 0 N–H and O–H groups in total. The fourth-order valence-corrected chi connectivity index (χ4v) is 3.21. The Hall–Kier alpha value is -2.42.